The summed E-state index contributed by atoms with van der Waals surface area (Å²) < 4.78 is 0. The van der Waals surface area contributed by atoms with Gasteiger partial charge in [-0.2, -0.15) is 0 Å². The van der Waals surface area contributed by atoms with Crippen molar-refractivity contribution in [3.63, 3.8) is 0 Å². The Morgan fingerprint density at radius 1 is 1.20 bits per heavy atom. The fourth-order valence-corrected chi connectivity index (χ4v) is 3.55. The number of aliphatic carboxylic acids is 1. The monoisotopic (exact) mass is 342 g/mol. The molecule has 1 aliphatic rings. The Morgan fingerprint density at radius 2 is 1.84 bits per heavy atom. The molecule has 1 aliphatic carbocycles. The topological polar surface area (TPSA) is 74.6 Å². The second kappa shape index (κ2) is 8.82. The van der Waals surface area contributed by atoms with Crippen LogP contribution in [0.5, 0.6) is 0 Å². The summed E-state index contributed by atoms with van der Waals surface area (Å²) in [6.07, 6.45) is 4.16. The normalized spacial score (nSPS) is 16.7. The van der Waals surface area contributed by atoms with E-state index in [4.69, 9.17) is 5.11 Å². The molecule has 0 bridgehead atoms. The predicted octanol–water partition coefficient (Wildman–Crippen LogP) is 3.48. The number of rotatable bonds is 7. The second-order valence-electron chi connectivity index (χ2n) is 7.04. The van der Waals surface area contributed by atoms with Crippen LogP contribution in [0.15, 0.2) is 24.3 Å². The quantitative estimate of drug-likeness (QED) is 0.588. The van der Waals surface area contributed by atoms with Gasteiger partial charge in [0, 0.05) is 18.4 Å². The molecule has 1 atom stereocenters. The molecule has 25 heavy (non-hydrogen) atoms. The lowest BCUT2D eigenvalue weighted by molar-refractivity contribution is -0.142. The summed E-state index contributed by atoms with van der Waals surface area (Å²) >= 11 is 0. The summed E-state index contributed by atoms with van der Waals surface area (Å²) in [5.41, 5.74) is 0.973. The number of aryl methyl sites for hydroxylation is 1. The molecule has 2 N–H and O–H groups in total. The fourth-order valence-electron chi connectivity index (χ4n) is 3.55. The SMILES string of the molecule is Cc1ccc(C#CCCC(O)(CC(=O)CC(=O)O)C2CCCC2)cc1. The maximum atomic E-state index is 11.9. The number of hydrogen-bond donors (Lipinski definition) is 2. The van der Waals surface area contributed by atoms with Crippen molar-refractivity contribution >= 4 is 11.8 Å². The molecule has 0 heterocycles. The van der Waals surface area contributed by atoms with Gasteiger partial charge in [0.25, 0.3) is 0 Å². The number of carbonyl (C=O) groups is 2. The largest absolute Gasteiger partial charge is 0.481 e. The van der Waals surface area contributed by atoms with Gasteiger partial charge in [0.2, 0.25) is 0 Å². The van der Waals surface area contributed by atoms with Crippen molar-refractivity contribution in [1.29, 1.82) is 0 Å². The molecule has 1 fully saturated rings. The molecule has 4 heteroatoms. The van der Waals surface area contributed by atoms with Crippen molar-refractivity contribution < 1.29 is 19.8 Å². The Balaban J connectivity index is 1.99. The van der Waals surface area contributed by atoms with Gasteiger partial charge in [0.1, 0.15) is 12.2 Å². The van der Waals surface area contributed by atoms with Crippen molar-refractivity contribution in [3.05, 3.63) is 35.4 Å². The Bertz CT molecular complexity index is 659. The highest BCUT2D eigenvalue weighted by Crippen LogP contribution is 2.39. The van der Waals surface area contributed by atoms with Crippen molar-refractivity contribution in [2.45, 2.75) is 63.9 Å². The van der Waals surface area contributed by atoms with Crippen LogP contribution in [0, 0.1) is 24.7 Å². The zero-order valence-corrected chi connectivity index (χ0v) is 14.8. The lowest BCUT2D eigenvalue weighted by atomic mass is 9.78. The molecule has 0 amide bonds. The third kappa shape index (κ3) is 6.03. The van der Waals surface area contributed by atoms with E-state index >= 15 is 0 Å². The molecule has 1 saturated carbocycles. The van der Waals surface area contributed by atoms with Crippen molar-refractivity contribution in [2.24, 2.45) is 5.92 Å². The predicted molar refractivity (Wildman–Crippen MR) is 96.1 cm³/mol. The standard InChI is InChI=1S/C21H26O4/c1-16-9-11-17(12-10-16)6-4-5-13-21(25,18-7-2-3-8-18)15-19(22)14-20(23)24/h9-12,18,25H,2-3,5,7-8,13-15H2,1H3,(H,23,24). The second-order valence-corrected chi connectivity index (χ2v) is 7.04. The van der Waals surface area contributed by atoms with E-state index in [1.807, 2.05) is 31.2 Å². The number of carbonyl (C=O) groups excluding carboxylic acids is 1. The summed E-state index contributed by atoms with van der Waals surface area (Å²) in [7, 11) is 0. The number of ketones is 1. The molecule has 134 valence electrons. The van der Waals surface area contributed by atoms with E-state index in [9.17, 15) is 14.7 Å². The number of carboxylic acid groups (broad SMARTS) is 1. The first-order valence-electron chi connectivity index (χ1n) is 8.90. The summed E-state index contributed by atoms with van der Waals surface area (Å²) in [4.78, 5) is 22.7. The van der Waals surface area contributed by atoms with Crippen LogP contribution in [0.1, 0.15) is 62.5 Å². The molecule has 1 unspecified atom stereocenters. The van der Waals surface area contributed by atoms with Gasteiger partial charge in [-0.1, -0.05) is 42.4 Å². The average molecular weight is 342 g/mol. The van der Waals surface area contributed by atoms with E-state index in [2.05, 4.69) is 11.8 Å². The minimum Gasteiger partial charge on any atom is -0.481 e. The van der Waals surface area contributed by atoms with Crippen molar-refractivity contribution in [1.82, 2.24) is 0 Å². The van der Waals surface area contributed by atoms with E-state index in [0.717, 1.165) is 31.2 Å². The van der Waals surface area contributed by atoms with Gasteiger partial charge in [-0.05, 0) is 44.2 Å². The number of carboxylic acids is 1. The van der Waals surface area contributed by atoms with Crippen LogP contribution in [-0.2, 0) is 9.59 Å². The highest BCUT2D eigenvalue weighted by atomic mass is 16.4. The zero-order chi connectivity index (χ0) is 18.3. The van der Waals surface area contributed by atoms with Crippen molar-refractivity contribution in [2.75, 3.05) is 0 Å². The molecule has 0 saturated heterocycles. The Kier molecular flexibility index (Phi) is 6.78. The number of hydrogen-bond acceptors (Lipinski definition) is 3. The molecule has 0 spiro atoms. The van der Waals surface area contributed by atoms with E-state index in [-0.39, 0.29) is 12.3 Å². The molecule has 4 nitrogen and oxygen atoms in total. The van der Waals surface area contributed by atoms with E-state index in [1.165, 1.54) is 5.56 Å². The van der Waals surface area contributed by atoms with E-state index in [1.54, 1.807) is 0 Å². The van der Waals surface area contributed by atoms with Crippen LogP contribution in [0.4, 0.5) is 0 Å². The maximum absolute atomic E-state index is 11.9. The lowest BCUT2D eigenvalue weighted by Crippen LogP contribution is -2.39. The molecule has 0 radical (unpaired) electrons. The third-order valence-corrected chi connectivity index (χ3v) is 4.93. The smallest absolute Gasteiger partial charge is 0.310 e. The van der Waals surface area contributed by atoms with E-state index in [0.29, 0.717) is 12.8 Å². The number of aliphatic hydroxyl groups is 1. The third-order valence-electron chi connectivity index (χ3n) is 4.93. The van der Waals surface area contributed by atoms with Gasteiger partial charge >= 0.3 is 5.97 Å². The fraction of sp³-hybridized carbons (Fsp3) is 0.524. The Morgan fingerprint density at radius 3 is 2.44 bits per heavy atom. The van der Waals surface area contributed by atoms with Gasteiger partial charge in [-0.3, -0.25) is 9.59 Å². The van der Waals surface area contributed by atoms with Gasteiger partial charge in [0.15, 0.2) is 0 Å². The van der Waals surface area contributed by atoms with Crippen LogP contribution >= 0.6 is 0 Å². The molecular weight excluding hydrogens is 316 g/mol. The Labute approximate surface area is 149 Å². The summed E-state index contributed by atoms with van der Waals surface area (Å²) in [5.74, 6) is 4.67. The van der Waals surface area contributed by atoms with Crippen LogP contribution in [0.2, 0.25) is 0 Å². The van der Waals surface area contributed by atoms with Gasteiger partial charge in [-0.25, -0.2) is 0 Å². The average Bonchev–Trinajstić information content (AvgIpc) is 3.07. The van der Waals surface area contributed by atoms with Crippen LogP contribution in [-0.4, -0.2) is 27.6 Å². The lowest BCUT2D eigenvalue weighted by Gasteiger charge is -2.33. The van der Waals surface area contributed by atoms with Crippen LogP contribution in [0.3, 0.4) is 0 Å². The Hall–Kier alpha value is -2.12. The summed E-state index contributed by atoms with van der Waals surface area (Å²) in [6.45, 7) is 2.02. The first-order chi connectivity index (χ1) is 11.9. The van der Waals surface area contributed by atoms with Gasteiger partial charge < -0.3 is 10.2 Å². The minimum atomic E-state index is -1.14. The summed E-state index contributed by atoms with van der Waals surface area (Å²) in [5, 5.41) is 19.8. The first-order valence-corrected chi connectivity index (χ1v) is 8.90. The van der Waals surface area contributed by atoms with Gasteiger partial charge in [0.05, 0.1) is 5.60 Å². The highest BCUT2D eigenvalue weighted by molar-refractivity contribution is 5.95. The molecule has 0 aromatic heterocycles. The maximum Gasteiger partial charge on any atom is 0.310 e. The molecule has 1 aromatic rings. The highest BCUT2D eigenvalue weighted by Gasteiger charge is 2.39. The van der Waals surface area contributed by atoms with Gasteiger partial charge in [-0.15, -0.1) is 0 Å². The molecule has 1 aromatic carbocycles. The molecular formula is C21H26O4. The first kappa shape index (κ1) is 19.2. The number of Topliss-reactive ketones (excluding diaryl/α,β-unsaturated/α-hetero) is 1. The van der Waals surface area contributed by atoms with Crippen LogP contribution < -0.4 is 0 Å². The van der Waals surface area contributed by atoms with Crippen LogP contribution in [0.25, 0.3) is 0 Å². The minimum absolute atomic E-state index is 0.0615. The number of benzene rings is 1. The van der Waals surface area contributed by atoms with E-state index < -0.39 is 23.8 Å². The van der Waals surface area contributed by atoms with Crippen molar-refractivity contribution in [3.8, 4) is 11.8 Å². The summed E-state index contributed by atoms with van der Waals surface area (Å²) in [6, 6.07) is 7.93. The zero-order valence-electron chi connectivity index (χ0n) is 14.8. The molecule has 0 aliphatic heterocycles. The molecule has 2 rings (SSSR count).